The number of hydrogen-bond donors (Lipinski definition) is 1. The minimum atomic E-state index is -3.22. The number of pyridine rings is 1. The normalized spacial score (nSPS) is 21.4. The molecule has 27 heavy (non-hydrogen) atoms. The summed E-state index contributed by atoms with van der Waals surface area (Å²) in [5.41, 5.74) is 1.90. The SMILES string of the molecule is O=S1(=O)C[C@@H](O)[C@@H](Sc2nnc(-c3cccnc3)n2Cc2ccccc2)C1. The smallest absolute Gasteiger partial charge is 0.192 e. The first-order valence-corrected chi connectivity index (χ1v) is 11.1. The van der Waals surface area contributed by atoms with Crippen LogP contribution in [0.25, 0.3) is 11.4 Å². The lowest BCUT2D eigenvalue weighted by Gasteiger charge is -2.14. The van der Waals surface area contributed by atoms with E-state index in [2.05, 4.69) is 15.2 Å². The zero-order valence-electron chi connectivity index (χ0n) is 14.3. The van der Waals surface area contributed by atoms with Crippen molar-refractivity contribution in [2.24, 2.45) is 0 Å². The molecule has 3 heterocycles. The van der Waals surface area contributed by atoms with Crippen molar-refractivity contribution in [3.63, 3.8) is 0 Å². The number of nitrogens with zero attached hydrogens (tertiary/aromatic N) is 4. The third-order valence-electron chi connectivity index (χ3n) is 4.35. The second-order valence-electron chi connectivity index (χ2n) is 6.42. The van der Waals surface area contributed by atoms with Crippen LogP contribution < -0.4 is 0 Å². The van der Waals surface area contributed by atoms with Crippen LogP contribution in [0.4, 0.5) is 0 Å². The van der Waals surface area contributed by atoms with Crippen LogP contribution in [0.1, 0.15) is 5.56 Å². The molecule has 1 N–H and O–H groups in total. The van der Waals surface area contributed by atoms with Crippen molar-refractivity contribution in [3.05, 3.63) is 60.4 Å². The zero-order chi connectivity index (χ0) is 18.9. The third kappa shape index (κ3) is 4.05. The van der Waals surface area contributed by atoms with Crippen molar-refractivity contribution in [2.45, 2.75) is 23.1 Å². The molecule has 0 radical (unpaired) electrons. The maximum atomic E-state index is 11.8. The van der Waals surface area contributed by atoms with E-state index in [1.165, 1.54) is 11.8 Å². The largest absolute Gasteiger partial charge is 0.391 e. The van der Waals surface area contributed by atoms with Crippen LogP contribution in [0.15, 0.2) is 60.0 Å². The van der Waals surface area contributed by atoms with Crippen LogP contribution in [0.5, 0.6) is 0 Å². The van der Waals surface area contributed by atoms with Crippen LogP contribution in [-0.2, 0) is 16.4 Å². The van der Waals surface area contributed by atoms with Gasteiger partial charge in [-0.05, 0) is 17.7 Å². The molecule has 0 saturated carbocycles. The number of hydrogen-bond acceptors (Lipinski definition) is 7. The quantitative estimate of drug-likeness (QED) is 0.693. The van der Waals surface area contributed by atoms with Gasteiger partial charge in [-0.2, -0.15) is 0 Å². The molecule has 4 rings (SSSR count). The predicted molar refractivity (Wildman–Crippen MR) is 103 cm³/mol. The third-order valence-corrected chi connectivity index (χ3v) is 7.57. The Morgan fingerprint density at radius 3 is 2.59 bits per heavy atom. The Morgan fingerprint density at radius 1 is 1.11 bits per heavy atom. The fourth-order valence-corrected chi connectivity index (χ4v) is 6.56. The summed E-state index contributed by atoms with van der Waals surface area (Å²) in [6, 6.07) is 13.6. The van der Waals surface area contributed by atoms with Gasteiger partial charge in [-0.15, -0.1) is 10.2 Å². The summed E-state index contributed by atoms with van der Waals surface area (Å²) < 4.78 is 25.6. The molecule has 0 unspecified atom stereocenters. The molecular weight excluding hydrogens is 384 g/mol. The van der Waals surface area contributed by atoms with E-state index in [1.54, 1.807) is 12.4 Å². The summed E-state index contributed by atoms with van der Waals surface area (Å²) in [7, 11) is -3.22. The van der Waals surface area contributed by atoms with Crippen molar-refractivity contribution < 1.29 is 13.5 Å². The van der Waals surface area contributed by atoms with E-state index in [-0.39, 0.29) is 11.5 Å². The van der Waals surface area contributed by atoms with E-state index in [9.17, 15) is 13.5 Å². The Morgan fingerprint density at radius 2 is 1.93 bits per heavy atom. The predicted octanol–water partition coefficient (Wildman–Crippen LogP) is 1.64. The number of aliphatic hydroxyl groups is 1. The molecule has 140 valence electrons. The van der Waals surface area contributed by atoms with Gasteiger partial charge in [0, 0.05) is 18.0 Å². The standard InChI is InChI=1S/C18H18N4O3S2/c23-15-11-27(24,25)12-16(15)26-18-21-20-17(14-7-4-8-19-9-14)22(18)10-13-5-2-1-3-6-13/h1-9,15-16,23H,10-12H2/t15-,16+/m1/s1. The first-order valence-electron chi connectivity index (χ1n) is 8.44. The summed E-state index contributed by atoms with van der Waals surface area (Å²) in [6.45, 7) is 0.538. The highest BCUT2D eigenvalue weighted by atomic mass is 32.2. The average Bonchev–Trinajstić information content (AvgIpc) is 3.16. The zero-order valence-corrected chi connectivity index (χ0v) is 16.0. The second-order valence-corrected chi connectivity index (χ2v) is 9.78. The molecule has 7 nitrogen and oxygen atoms in total. The number of aliphatic hydroxyl groups excluding tert-OH is 1. The van der Waals surface area contributed by atoms with Crippen LogP contribution in [0.2, 0.25) is 0 Å². The van der Waals surface area contributed by atoms with E-state index in [1.807, 2.05) is 47.0 Å². The fraction of sp³-hybridized carbons (Fsp3) is 0.278. The Kier molecular flexibility index (Phi) is 4.98. The molecule has 9 heteroatoms. The molecule has 0 aliphatic carbocycles. The molecule has 2 aromatic heterocycles. The number of sulfone groups is 1. The molecule has 1 aliphatic rings. The summed E-state index contributed by atoms with van der Waals surface area (Å²) in [5.74, 6) is 0.399. The van der Waals surface area contributed by atoms with Crippen LogP contribution in [-0.4, -0.2) is 56.1 Å². The average molecular weight is 403 g/mol. The lowest BCUT2D eigenvalue weighted by molar-refractivity contribution is 0.207. The number of benzene rings is 1. The summed E-state index contributed by atoms with van der Waals surface area (Å²) in [5, 5.41) is 18.8. The maximum Gasteiger partial charge on any atom is 0.192 e. The molecule has 0 spiro atoms. The molecule has 0 amide bonds. The van der Waals surface area contributed by atoms with E-state index in [0.717, 1.165) is 11.1 Å². The Balaban J connectivity index is 1.70. The monoisotopic (exact) mass is 402 g/mol. The maximum absolute atomic E-state index is 11.8. The molecule has 1 fully saturated rings. The van der Waals surface area contributed by atoms with Gasteiger partial charge in [-0.25, -0.2) is 8.42 Å². The molecule has 1 saturated heterocycles. The Labute approximate surface area is 161 Å². The minimum absolute atomic E-state index is 0.0563. The van der Waals surface area contributed by atoms with E-state index in [0.29, 0.717) is 17.5 Å². The van der Waals surface area contributed by atoms with Gasteiger partial charge in [0.15, 0.2) is 20.8 Å². The Hall–Kier alpha value is -2.23. The summed E-state index contributed by atoms with van der Waals surface area (Å²) >= 11 is 1.26. The first-order chi connectivity index (χ1) is 13.0. The van der Waals surface area contributed by atoms with Crippen LogP contribution in [0, 0.1) is 0 Å². The van der Waals surface area contributed by atoms with E-state index >= 15 is 0 Å². The van der Waals surface area contributed by atoms with Crippen molar-refractivity contribution in [2.75, 3.05) is 11.5 Å². The second kappa shape index (κ2) is 7.41. The molecule has 1 aliphatic heterocycles. The van der Waals surface area contributed by atoms with Gasteiger partial charge in [0.1, 0.15) is 0 Å². The Bertz CT molecular complexity index is 1020. The van der Waals surface area contributed by atoms with Gasteiger partial charge in [0.05, 0.1) is 29.4 Å². The topological polar surface area (TPSA) is 98.0 Å². The number of aromatic nitrogens is 4. The van der Waals surface area contributed by atoms with Gasteiger partial charge in [-0.1, -0.05) is 42.1 Å². The first kappa shape index (κ1) is 18.1. The van der Waals surface area contributed by atoms with Gasteiger partial charge >= 0.3 is 0 Å². The lowest BCUT2D eigenvalue weighted by Crippen LogP contribution is -2.20. The summed E-state index contributed by atoms with van der Waals surface area (Å²) in [4.78, 5) is 4.15. The molecular formula is C18H18N4O3S2. The molecule has 1 aromatic carbocycles. The van der Waals surface area contributed by atoms with Gasteiger partial charge in [0.2, 0.25) is 0 Å². The molecule has 2 atom stereocenters. The number of rotatable bonds is 5. The summed E-state index contributed by atoms with van der Waals surface area (Å²) in [6.07, 6.45) is 2.51. The number of thioether (sulfide) groups is 1. The van der Waals surface area contributed by atoms with Crippen molar-refractivity contribution in [1.82, 2.24) is 19.7 Å². The van der Waals surface area contributed by atoms with Gasteiger partial charge < -0.3 is 5.11 Å². The molecule has 3 aromatic rings. The highest BCUT2D eigenvalue weighted by molar-refractivity contribution is 8.01. The van der Waals surface area contributed by atoms with Gasteiger partial charge in [-0.3, -0.25) is 9.55 Å². The highest BCUT2D eigenvalue weighted by Gasteiger charge is 2.38. The highest BCUT2D eigenvalue weighted by Crippen LogP contribution is 2.32. The van der Waals surface area contributed by atoms with E-state index in [4.69, 9.17) is 0 Å². The fourth-order valence-electron chi connectivity index (χ4n) is 3.04. The minimum Gasteiger partial charge on any atom is -0.391 e. The van der Waals surface area contributed by atoms with Crippen molar-refractivity contribution >= 4 is 21.6 Å². The van der Waals surface area contributed by atoms with Gasteiger partial charge in [0.25, 0.3) is 0 Å². The van der Waals surface area contributed by atoms with E-state index < -0.39 is 21.2 Å². The van der Waals surface area contributed by atoms with Crippen molar-refractivity contribution in [3.8, 4) is 11.4 Å². The lowest BCUT2D eigenvalue weighted by atomic mass is 10.2. The molecule has 0 bridgehead atoms. The van der Waals surface area contributed by atoms with Crippen LogP contribution >= 0.6 is 11.8 Å². The van der Waals surface area contributed by atoms with Crippen molar-refractivity contribution in [1.29, 1.82) is 0 Å². The van der Waals surface area contributed by atoms with Crippen LogP contribution in [0.3, 0.4) is 0 Å².